The maximum atomic E-state index is 12.7. The molecule has 0 unspecified atom stereocenters. The first-order valence-corrected chi connectivity index (χ1v) is 9.12. The number of rotatable bonds is 3. The van der Waals surface area contributed by atoms with Gasteiger partial charge >= 0.3 is 5.69 Å². The van der Waals surface area contributed by atoms with E-state index in [4.69, 9.17) is 4.74 Å². The molecular formula is C19H19N7O2. The Balaban J connectivity index is 1.59. The van der Waals surface area contributed by atoms with E-state index in [1.165, 1.54) is 0 Å². The zero-order valence-electron chi connectivity index (χ0n) is 15.6. The third kappa shape index (κ3) is 2.63. The topological polar surface area (TPSA) is 99.8 Å². The largest absolute Gasteiger partial charge is 0.379 e. The maximum Gasteiger partial charge on any atom is 0.330 e. The molecule has 0 aliphatic carbocycles. The van der Waals surface area contributed by atoms with E-state index < -0.39 is 0 Å². The molecule has 0 saturated carbocycles. The van der Waals surface area contributed by atoms with Crippen LogP contribution >= 0.6 is 0 Å². The quantitative estimate of drug-likeness (QED) is 0.583. The van der Waals surface area contributed by atoms with Crippen LogP contribution in [0.25, 0.3) is 22.2 Å². The normalized spacial score (nSPS) is 16.9. The van der Waals surface area contributed by atoms with Gasteiger partial charge in [0.15, 0.2) is 5.65 Å². The molecular weight excluding hydrogens is 358 g/mol. The first-order chi connectivity index (χ1) is 13.6. The van der Waals surface area contributed by atoms with Crippen molar-refractivity contribution in [1.82, 2.24) is 29.1 Å². The minimum Gasteiger partial charge on any atom is -0.379 e. The molecule has 28 heavy (non-hydrogen) atoms. The molecule has 4 heterocycles. The van der Waals surface area contributed by atoms with Crippen molar-refractivity contribution >= 4 is 33.8 Å². The van der Waals surface area contributed by atoms with Crippen LogP contribution < -0.4 is 11.0 Å². The van der Waals surface area contributed by atoms with E-state index in [1.807, 2.05) is 19.1 Å². The zero-order chi connectivity index (χ0) is 19.3. The van der Waals surface area contributed by atoms with Crippen LogP contribution in [-0.4, -0.2) is 42.3 Å². The smallest absolute Gasteiger partial charge is 0.330 e. The predicted molar refractivity (Wildman–Crippen MR) is 105 cm³/mol. The van der Waals surface area contributed by atoms with Gasteiger partial charge in [-0.05, 0) is 31.0 Å². The Morgan fingerprint density at radius 2 is 1.96 bits per heavy atom. The summed E-state index contributed by atoms with van der Waals surface area (Å²) in [6.07, 6.45) is 5.81. The number of imidazole rings is 1. The summed E-state index contributed by atoms with van der Waals surface area (Å²) in [5.41, 5.74) is 4.68. The van der Waals surface area contributed by atoms with Gasteiger partial charge in [0, 0.05) is 31.7 Å². The fourth-order valence-electron chi connectivity index (χ4n) is 3.62. The number of hydrogen-bond acceptors (Lipinski definition) is 7. The first kappa shape index (κ1) is 16.8. The van der Waals surface area contributed by atoms with Crippen LogP contribution in [0.1, 0.15) is 18.0 Å². The third-order valence-corrected chi connectivity index (χ3v) is 5.17. The summed E-state index contributed by atoms with van der Waals surface area (Å²) >= 11 is 0. The van der Waals surface area contributed by atoms with E-state index in [0.29, 0.717) is 30.3 Å². The third-order valence-electron chi connectivity index (χ3n) is 5.17. The minimum atomic E-state index is -0.103. The molecule has 1 aliphatic heterocycles. The van der Waals surface area contributed by atoms with Crippen LogP contribution in [0.4, 0.5) is 11.6 Å². The number of hydrogen-bond donors (Lipinski definition) is 1. The number of aryl methyl sites for hydroxylation is 2. The average molecular weight is 377 g/mol. The van der Waals surface area contributed by atoms with Gasteiger partial charge in [-0.1, -0.05) is 0 Å². The Labute approximate surface area is 160 Å². The molecule has 0 bridgehead atoms. The van der Waals surface area contributed by atoms with Crippen molar-refractivity contribution in [3.8, 4) is 0 Å². The number of aromatic nitrogens is 6. The van der Waals surface area contributed by atoms with Crippen LogP contribution in [0.2, 0.25) is 0 Å². The van der Waals surface area contributed by atoms with Gasteiger partial charge in [-0.15, -0.1) is 0 Å². The highest BCUT2D eigenvalue weighted by atomic mass is 16.5. The van der Waals surface area contributed by atoms with E-state index in [1.54, 1.807) is 34.8 Å². The molecule has 9 nitrogen and oxygen atoms in total. The minimum absolute atomic E-state index is 0.00312. The van der Waals surface area contributed by atoms with E-state index >= 15 is 0 Å². The summed E-state index contributed by atoms with van der Waals surface area (Å²) < 4.78 is 8.76. The van der Waals surface area contributed by atoms with Crippen molar-refractivity contribution in [2.45, 2.75) is 19.4 Å². The summed E-state index contributed by atoms with van der Waals surface area (Å²) in [5, 5.41) is 3.26. The Morgan fingerprint density at radius 1 is 1.18 bits per heavy atom. The zero-order valence-corrected chi connectivity index (χ0v) is 15.6. The standard InChI is InChI=1S/C19H19N7O2/c1-11-7-14-15(21-5-4-20-14)8-13(11)23-18-22-9-16-17(24-18)26(19(27)25(16)2)12-3-6-28-10-12/h4-5,7-9,12H,3,6,10H2,1-2H3,(H,22,23,24)/t12-/m0/s1. The number of ether oxygens (including phenoxy) is 1. The second kappa shape index (κ2) is 6.38. The fraction of sp³-hybridized carbons (Fsp3) is 0.316. The lowest BCUT2D eigenvalue weighted by molar-refractivity contribution is 0.186. The summed E-state index contributed by atoms with van der Waals surface area (Å²) in [7, 11) is 1.74. The Kier molecular flexibility index (Phi) is 3.83. The van der Waals surface area contributed by atoms with Crippen LogP contribution in [0.3, 0.4) is 0 Å². The number of nitrogens with zero attached hydrogens (tertiary/aromatic N) is 6. The molecule has 9 heteroatoms. The van der Waals surface area contributed by atoms with E-state index in [-0.39, 0.29) is 11.7 Å². The van der Waals surface area contributed by atoms with Gasteiger partial charge in [0.05, 0.1) is 29.9 Å². The van der Waals surface area contributed by atoms with Crippen LogP contribution in [0, 0.1) is 6.92 Å². The lowest BCUT2D eigenvalue weighted by Gasteiger charge is -2.11. The molecule has 1 N–H and O–H groups in total. The Morgan fingerprint density at radius 3 is 2.71 bits per heavy atom. The highest BCUT2D eigenvalue weighted by molar-refractivity contribution is 5.82. The number of fused-ring (bicyclic) bond motifs is 2. The molecule has 142 valence electrons. The maximum absolute atomic E-state index is 12.7. The Bertz CT molecular complexity index is 1250. The lowest BCUT2D eigenvalue weighted by atomic mass is 10.1. The first-order valence-electron chi connectivity index (χ1n) is 9.12. The Hall–Kier alpha value is -3.33. The molecule has 4 aromatic rings. The van der Waals surface area contributed by atoms with Gasteiger partial charge in [0.1, 0.15) is 5.52 Å². The van der Waals surface area contributed by atoms with Crippen LogP contribution in [-0.2, 0) is 11.8 Å². The lowest BCUT2D eigenvalue weighted by Crippen LogP contribution is -2.26. The predicted octanol–water partition coefficient (Wildman–Crippen LogP) is 2.09. The van der Waals surface area contributed by atoms with E-state index in [2.05, 4.69) is 25.3 Å². The fourth-order valence-corrected chi connectivity index (χ4v) is 3.62. The summed E-state index contributed by atoms with van der Waals surface area (Å²) in [6.45, 7) is 3.17. The van der Waals surface area contributed by atoms with Crippen molar-refractivity contribution < 1.29 is 4.74 Å². The van der Waals surface area contributed by atoms with Gasteiger partial charge in [0.25, 0.3) is 0 Å². The second-order valence-corrected chi connectivity index (χ2v) is 6.97. The van der Waals surface area contributed by atoms with E-state index in [9.17, 15) is 4.79 Å². The molecule has 1 aliphatic rings. The SMILES string of the molecule is Cc1cc2nccnc2cc1Nc1ncc2c(n1)n([C@H]1CCOC1)c(=O)n2C. The van der Waals surface area contributed by atoms with Crippen molar-refractivity contribution in [3.63, 3.8) is 0 Å². The van der Waals surface area contributed by atoms with Gasteiger partial charge in [-0.25, -0.2) is 9.78 Å². The van der Waals surface area contributed by atoms with Crippen LogP contribution in [0.15, 0.2) is 35.5 Å². The summed E-state index contributed by atoms with van der Waals surface area (Å²) in [4.78, 5) is 30.4. The average Bonchev–Trinajstić information content (AvgIpc) is 3.30. The molecule has 0 radical (unpaired) electrons. The van der Waals surface area contributed by atoms with Crippen molar-refractivity contribution in [1.29, 1.82) is 0 Å². The van der Waals surface area contributed by atoms with Gasteiger partial charge in [0.2, 0.25) is 5.95 Å². The number of nitrogens with one attached hydrogen (secondary N) is 1. The van der Waals surface area contributed by atoms with Crippen LogP contribution in [0.5, 0.6) is 0 Å². The van der Waals surface area contributed by atoms with Gasteiger partial charge in [-0.3, -0.25) is 19.1 Å². The summed E-state index contributed by atoms with van der Waals surface area (Å²) in [5.74, 6) is 0.428. The molecule has 1 atom stereocenters. The molecule has 0 spiro atoms. The molecule has 1 aromatic carbocycles. The van der Waals surface area contributed by atoms with E-state index in [0.717, 1.165) is 28.7 Å². The van der Waals surface area contributed by atoms with Crippen molar-refractivity contribution in [2.75, 3.05) is 18.5 Å². The highest BCUT2D eigenvalue weighted by Gasteiger charge is 2.24. The second-order valence-electron chi connectivity index (χ2n) is 6.97. The molecule has 1 fully saturated rings. The molecule has 0 amide bonds. The van der Waals surface area contributed by atoms with Crippen molar-refractivity contribution in [2.24, 2.45) is 7.05 Å². The highest BCUT2D eigenvalue weighted by Crippen LogP contribution is 2.25. The molecule has 5 rings (SSSR count). The van der Waals surface area contributed by atoms with Gasteiger partial charge < -0.3 is 10.1 Å². The molecule has 1 saturated heterocycles. The number of anilines is 2. The summed E-state index contributed by atoms with van der Waals surface area (Å²) in [6, 6.07) is 3.89. The molecule has 3 aromatic heterocycles. The number of benzene rings is 1. The van der Waals surface area contributed by atoms with Gasteiger partial charge in [-0.2, -0.15) is 4.98 Å². The van der Waals surface area contributed by atoms with Crippen molar-refractivity contribution in [3.05, 3.63) is 46.8 Å². The monoisotopic (exact) mass is 377 g/mol.